The summed E-state index contributed by atoms with van der Waals surface area (Å²) in [6.45, 7) is 15.1. The van der Waals surface area contributed by atoms with Crippen LogP contribution in [0.15, 0.2) is 0 Å². The van der Waals surface area contributed by atoms with Gasteiger partial charge in [-0.15, -0.1) is 0 Å². The molecule has 2 unspecified atom stereocenters. The van der Waals surface area contributed by atoms with E-state index in [0.29, 0.717) is 0 Å². The minimum atomic E-state index is -2.79. The SMILES string of the molecule is CCC(C)(O[SiH](C)C)[Si](C)(C)OC(C)[Si](OC)(OC)OC. The van der Waals surface area contributed by atoms with Gasteiger partial charge >= 0.3 is 8.80 Å². The van der Waals surface area contributed by atoms with E-state index < -0.39 is 26.2 Å². The monoisotopic (exact) mass is 354 g/mol. The average molecular weight is 355 g/mol. The Morgan fingerprint density at radius 2 is 1.48 bits per heavy atom. The summed E-state index contributed by atoms with van der Waals surface area (Å²) < 4.78 is 29.4. The third-order valence-electron chi connectivity index (χ3n) is 4.27. The van der Waals surface area contributed by atoms with Gasteiger partial charge in [-0.05, 0) is 46.5 Å². The van der Waals surface area contributed by atoms with E-state index in [0.717, 1.165) is 6.42 Å². The van der Waals surface area contributed by atoms with E-state index in [1.54, 1.807) is 21.3 Å². The van der Waals surface area contributed by atoms with Crippen molar-refractivity contribution in [3.8, 4) is 0 Å². The van der Waals surface area contributed by atoms with E-state index in [2.05, 4.69) is 40.0 Å². The first kappa shape index (κ1) is 21.5. The van der Waals surface area contributed by atoms with Crippen LogP contribution in [0.25, 0.3) is 0 Å². The van der Waals surface area contributed by atoms with Gasteiger partial charge in [-0.3, -0.25) is 0 Å². The molecule has 128 valence electrons. The standard InChI is InChI=1S/C13H34O5Si3/c1-11-13(3,18-19(7)8)20(9,10)17-12(2)21(14-4,15-5)16-6/h12,19H,11H2,1-10H3. The molecule has 0 heterocycles. The van der Waals surface area contributed by atoms with E-state index in [1.165, 1.54) is 0 Å². The average Bonchev–Trinajstić information content (AvgIpc) is 2.39. The van der Waals surface area contributed by atoms with Crippen molar-refractivity contribution < 1.29 is 22.1 Å². The first-order chi connectivity index (χ1) is 9.54. The zero-order valence-electron chi connectivity index (χ0n) is 15.4. The maximum Gasteiger partial charge on any atom is 0.528 e. The number of hydrogen-bond acceptors (Lipinski definition) is 5. The molecule has 0 aliphatic rings. The summed E-state index contributed by atoms with van der Waals surface area (Å²) in [5, 5.41) is -0.211. The molecule has 0 N–H and O–H groups in total. The summed E-state index contributed by atoms with van der Waals surface area (Å²) in [7, 11) is -1.23. The van der Waals surface area contributed by atoms with E-state index in [4.69, 9.17) is 22.1 Å². The molecule has 5 nitrogen and oxygen atoms in total. The Morgan fingerprint density at radius 1 is 1.05 bits per heavy atom. The van der Waals surface area contributed by atoms with Crippen LogP contribution >= 0.6 is 0 Å². The second-order valence-electron chi connectivity index (χ2n) is 6.24. The third kappa shape index (κ3) is 4.96. The molecule has 0 aromatic rings. The van der Waals surface area contributed by atoms with Gasteiger partial charge in [0.2, 0.25) is 8.32 Å². The van der Waals surface area contributed by atoms with Gasteiger partial charge < -0.3 is 22.1 Å². The highest BCUT2D eigenvalue weighted by Crippen LogP contribution is 2.32. The zero-order valence-corrected chi connectivity index (χ0v) is 18.6. The van der Waals surface area contributed by atoms with Crippen LogP contribution in [0.5, 0.6) is 0 Å². The molecule has 0 fully saturated rings. The van der Waals surface area contributed by atoms with E-state index in [9.17, 15) is 0 Å². The Balaban J connectivity index is 5.24. The molecular formula is C13H34O5Si3. The van der Waals surface area contributed by atoms with E-state index in [1.807, 2.05) is 6.92 Å². The highest BCUT2D eigenvalue weighted by molar-refractivity contribution is 6.76. The summed E-state index contributed by atoms with van der Waals surface area (Å²) in [6, 6.07) is 0. The van der Waals surface area contributed by atoms with E-state index >= 15 is 0 Å². The molecule has 21 heavy (non-hydrogen) atoms. The van der Waals surface area contributed by atoms with Crippen LogP contribution in [0.4, 0.5) is 0 Å². The van der Waals surface area contributed by atoms with Crippen molar-refractivity contribution in [2.24, 2.45) is 0 Å². The maximum absolute atomic E-state index is 6.46. The van der Waals surface area contributed by atoms with Crippen LogP contribution in [-0.2, 0) is 22.1 Å². The van der Waals surface area contributed by atoms with Crippen LogP contribution in [-0.4, -0.2) is 58.4 Å². The Labute approximate surface area is 134 Å². The fraction of sp³-hybridized carbons (Fsp3) is 1.00. The number of hydrogen-bond donors (Lipinski definition) is 0. The summed E-state index contributed by atoms with van der Waals surface area (Å²) >= 11 is 0. The molecule has 8 heteroatoms. The molecule has 0 aromatic carbocycles. The second kappa shape index (κ2) is 8.34. The highest BCUT2D eigenvalue weighted by Gasteiger charge is 2.53. The fourth-order valence-corrected chi connectivity index (χ4v) is 10.5. The minimum absolute atomic E-state index is 0.211. The third-order valence-corrected chi connectivity index (χ3v) is 12.5. The van der Waals surface area contributed by atoms with Crippen LogP contribution in [0.3, 0.4) is 0 Å². The summed E-state index contributed by atoms with van der Waals surface area (Å²) in [6.07, 6.45) is 0.936. The molecular weight excluding hydrogens is 320 g/mol. The van der Waals surface area contributed by atoms with Crippen molar-refractivity contribution in [2.45, 2.75) is 64.3 Å². The Kier molecular flexibility index (Phi) is 8.52. The first-order valence-electron chi connectivity index (χ1n) is 7.55. The van der Waals surface area contributed by atoms with Crippen LogP contribution in [0.1, 0.15) is 27.2 Å². The second-order valence-corrected chi connectivity index (χ2v) is 16.1. The van der Waals surface area contributed by atoms with Crippen LogP contribution in [0, 0.1) is 0 Å². The number of rotatable bonds is 10. The fourth-order valence-electron chi connectivity index (χ4n) is 2.56. The van der Waals surface area contributed by atoms with Crippen molar-refractivity contribution in [3.05, 3.63) is 0 Å². The molecule has 0 saturated carbocycles. The molecule has 0 saturated heterocycles. The molecule has 0 spiro atoms. The van der Waals surface area contributed by atoms with Gasteiger partial charge in [0, 0.05) is 21.3 Å². The molecule has 0 radical (unpaired) electrons. The smallest absolute Gasteiger partial charge is 0.415 e. The quantitative estimate of drug-likeness (QED) is 0.565. The molecule has 0 aliphatic heterocycles. The molecule has 0 amide bonds. The minimum Gasteiger partial charge on any atom is -0.415 e. The molecule has 2 atom stereocenters. The predicted molar refractivity (Wildman–Crippen MR) is 93.5 cm³/mol. The Bertz CT molecular complexity index is 302. The van der Waals surface area contributed by atoms with Gasteiger partial charge in [0.05, 0.1) is 5.22 Å². The molecule has 0 aliphatic carbocycles. The van der Waals surface area contributed by atoms with Gasteiger partial charge in [-0.1, -0.05) is 6.92 Å². The van der Waals surface area contributed by atoms with Gasteiger partial charge in [0.1, 0.15) is 5.73 Å². The lowest BCUT2D eigenvalue weighted by Crippen LogP contribution is -2.64. The van der Waals surface area contributed by atoms with Crippen LogP contribution in [0.2, 0.25) is 26.2 Å². The normalized spacial score (nSPS) is 17.9. The van der Waals surface area contributed by atoms with Crippen molar-refractivity contribution in [3.63, 3.8) is 0 Å². The lowest BCUT2D eigenvalue weighted by molar-refractivity contribution is 0.0560. The van der Waals surface area contributed by atoms with Crippen molar-refractivity contribution in [1.82, 2.24) is 0 Å². The zero-order chi connectivity index (χ0) is 16.9. The highest BCUT2D eigenvalue weighted by atomic mass is 28.4. The predicted octanol–water partition coefficient (Wildman–Crippen LogP) is 2.72. The first-order valence-corrected chi connectivity index (χ1v) is 15.0. The van der Waals surface area contributed by atoms with E-state index in [-0.39, 0.29) is 11.0 Å². The Morgan fingerprint density at radius 3 is 1.76 bits per heavy atom. The lowest BCUT2D eigenvalue weighted by Gasteiger charge is -2.45. The van der Waals surface area contributed by atoms with Gasteiger partial charge in [0.25, 0.3) is 0 Å². The largest absolute Gasteiger partial charge is 0.528 e. The summed E-state index contributed by atoms with van der Waals surface area (Å²) in [5.41, 5.74) is -0.220. The molecule has 0 bridgehead atoms. The lowest BCUT2D eigenvalue weighted by atomic mass is 10.3. The topological polar surface area (TPSA) is 46.2 Å². The van der Waals surface area contributed by atoms with Crippen molar-refractivity contribution >= 4 is 26.2 Å². The van der Waals surface area contributed by atoms with Crippen molar-refractivity contribution in [2.75, 3.05) is 21.3 Å². The Hall–Kier alpha value is 0.451. The van der Waals surface area contributed by atoms with Gasteiger partial charge in [0.15, 0.2) is 9.04 Å². The molecule has 0 rings (SSSR count). The maximum atomic E-state index is 6.46. The van der Waals surface area contributed by atoms with Gasteiger partial charge in [-0.25, -0.2) is 0 Å². The summed E-state index contributed by atoms with van der Waals surface area (Å²) in [5.74, 6) is 0. The van der Waals surface area contributed by atoms with Crippen molar-refractivity contribution in [1.29, 1.82) is 0 Å². The molecule has 0 aromatic heterocycles. The van der Waals surface area contributed by atoms with Crippen LogP contribution < -0.4 is 0 Å². The van der Waals surface area contributed by atoms with Gasteiger partial charge in [-0.2, -0.15) is 0 Å². The summed E-state index contributed by atoms with van der Waals surface area (Å²) in [4.78, 5) is 0.